The lowest BCUT2D eigenvalue weighted by Crippen LogP contribution is -2.34. The van der Waals surface area contributed by atoms with E-state index in [0.29, 0.717) is 0 Å². The average molecular weight is 254 g/mol. The van der Waals surface area contributed by atoms with E-state index in [1.807, 2.05) is 6.07 Å². The summed E-state index contributed by atoms with van der Waals surface area (Å²) in [5.74, 6) is 0. The van der Waals surface area contributed by atoms with Crippen molar-refractivity contribution in [1.82, 2.24) is 5.32 Å². The van der Waals surface area contributed by atoms with Crippen molar-refractivity contribution >= 4 is 33.0 Å². The molecule has 1 N–H and O–H groups in total. The molecule has 0 unspecified atom stereocenters. The minimum absolute atomic E-state index is 0.125. The number of benzene rings is 1. The van der Waals surface area contributed by atoms with Gasteiger partial charge >= 0.3 is 0 Å². The Hall–Kier alpha value is -0.570. The van der Waals surface area contributed by atoms with Crippen LogP contribution in [0.15, 0.2) is 24.3 Å². The molecule has 1 aromatic heterocycles. The highest BCUT2D eigenvalue weighted by Crippen LogP contribution is 2.35. The summed E-state index contributed by atoms with van der Waals surface area (Å²) in [5, 5.41) is 5.53. The van der Waals surface area contributed by atoms with Gasteiger partial charge in [0.05, 0.1) is 5.02 Å². The lowest BCUT2D eigenvalue weighted by atomic mass is 10.1. The maximum Gasteiger partial charge on any atom is 0.0636 e. The van der Waals surface area contributed by atoms with Crippen LogP contribution in [0.3, 0.4) is 0 Å². The third kappa shape index (κ3) is 2.57. The first-order valence-electron chi connectivity index (χ1n) is 5.38. The van der Waals surface area contributed by atoms with E-state index in [0.717, 1.165) is 11.6 Å². The molecule has 0 aliphatic carbocycles. The first-order valence-corrected chi connectivity index (χ1v) is 6.58. The molecule has 2 aromatic rings. The topological polar surface area (TPSA) is 12.0 Å². The molecular formula is C13H16ClNS. The van der Waals surface area contributed by atoms with E-state index in [2.05, 4.69) is 44.3 Å². The molecule has 16 heavy (non-hydrogen) atoms. The summed E-state index contributed by atoms with van der Waals surface area (Å²) in [6, 6.07) is 8.28. The second-order valence-electron chi connectivity index (χ2n) is 4.94. The van der Waals surface area contributed by atoms with Crippen molar-refractivity contribution in [3.05, 3.63) is 34.2 Å². The Labute approximate surface area is 105 Å². The fraction of sp³-hybridized carbons (Fsp3) is 0.385. The van der Waals surface area contributed by atoms with Gasteiger partial charge in [-0.05, 0) is 26.8 Å². The summed E-state index contributed by atoms with van der Waals surface area (Å²) in [6.45, 7) is 7.32. The van der Waals surface area contributed by atoms with Gasteiger partial charge in [0, 0.05) is 27.0 Å². The van der Waals surface area contributed by atoms with Crippen molar-refractivity contribution in [2.45, 2.75) is 32.9 Å². The van der Waals surface area contributed by atoms with Crippen LogP contribution in [0.5, 0.6) is 0 Å². The van der Waals surface area contributed by atoms with Gasteiger partial charge in [-0.25, -0.2) is 0 Å². The molecule has 2 rings (SSSR count). The first kappa shape index (κ1) is 11.9. The zero-order chi connectivity index (χ0) is 11.8. The molecule has 1 aromatic carbocycles. The molecule has 0 aliphatic rings. The molecule has 1 heterocycles. The van der Waals surface area contributed by atoms with Crippen molar-refractivity contribution < 1.29 is 0 Å². The Morgan fingerprint density at radius 1 is 1.25 bits per heavy atom. The standard InChI is InChI=1S/C13H16ClNS/c1-13(2,3)15-8-11-12(14)9-6-4-5-7-10(9)16-11/h4-7,15H,8H2,1-3H3. The maximum absolute atomic E-state index is 6.36. The van der Waals surface area contributed by atoms with Gasteiger partial charge in [0.1, 0.15) is 0 Å². The van der Waals surface area contributed by atoms with Crippen molar-refractivity contribution in [2.75, 3.05) is 0 Å². The monoisotopic (exact) mass is 253 g/mol. The van der Waals surface area contributed by atoms with Gasteiger partial charge in [-0.2, -0.15) is 0 Å². The molecule has 3 heteroatoms. The molecule has 0 bridgehead atoms. The van der Waals surface area contributed by atoms with E-state index >= 15 is 0 Å². The van der Waals surface area contributed by atoms with E-state index in [1.165, 1.54) is 15.0 Å². The van der Waals surface area contributed by atoms with Crippen LogP contribution in [-0.2, 0) is 6.54 Å². The van der Waals surface area contributed by atoms with E-state index in [9.17, 15) is 0 Å². The molecule has 0 atom stereocenters. The predicted octanol–water partition coefficient (Wildman–Crippen LogP) is 4.44. The van der Waals surface area contributed by atoms with Crippen molar-refractivity contribution in [1.29, 1.82) is 0 Å². The molecule has 1 nitrogen and oxygen atoms in total. The van der Waals surface area contributed by atoms with E-state index in [-0.39, 0.29) is 5.54 Å². The van der Waals surface area contributed by atoms with Gasteiger partial charge in [-0.15, -0.1) is 11.3 Å². The van der Waals surface area contributed by atoms with Crippen LogP contribution in [0, 0.1) is 0 Å². The van der Waals surface area contributed by atoms with Gasteiger partial charge in [0.2, 0.25) is 0 Å². The van der Waals surface area contributed by atoms with Gasteiger partial charge in [0.15, 0.2) is 0 Å². The molecule has 0 saturated carbocycles. The second kappa shape index (κ2) is 4.36. The van der Waals surface area contributed by atoms with Crippen LogP contribution < -0.4 is 5.32 Å². The first-order chi connectivity index (χ1) is 7.47. The average Bonchev–Trinajstić information content (AvgIpc) is 2.53. The zero-order valence-corrected chi connectivity index (χ0v) is 11.4. The van der Waals surface area contributed by atoms with Crippen LogP contribution in [-0.4, -0.2) is 5.54 Å². The van der Waals surface area contributed by atoms with E-state index in [4.69, 9.17) is 11.6 Å². The Balaban J connectivity index is 2.28. The van der Waals surface area contributed by atoms with Crippen molar-refractivity contribution in [2.24, 2.45) is 0 Å². The normalized spacial score (nSPS) is 12.2. The van der Waals surface area contributed by atoms with Crippen molar-refractivity contribution in [3.8, 4) is 0 Å². The number of halogens is 1. The summed E-state index contributed by atoms with van der Waals surface area (Å²) in [6.07, 6.45) is 0. The summed E-state index contributed by atoms with van der Waals surface area (Å²) in [4.78, 5) is 1.22. The number of nitrogens with one attached hydrogen (secondary N) is 1. The number of hydrogen-bond donors (Lipinski definition) is 1. The minimum atomic E-state index is 0.125. The maximum atomic E-state index is 6.36. The zero-order valence-electron chi connectivity index (χ0n) is 9.80. The number of rotatable bonds is 2. The van der Waals surface area contributed by atoms with Crippen LogP contribution in [0.25, 0.3) is 10.1 Å². The van der Waals surface area contributed by atoms with Gasteiger partial charge < -0.3 is 5.32 Å². The van der Waals surface area contributed by atoms with Gasteiger partial charge in [-0.3, -0.25) is 0 Å². The Morgan fingerprint density at radius 3 is 2.56 bits per heavy atom. The molecular weight excluding hydrogens is 238 g/mol. The molecule has 0 saturated heterocycles. The molecule has 0 spiro atoms. The quantitative estimate of drug-likeness (QED) is 0.834. The molecule has 0 fully saturated rings. The van der Waals surface area contributed by atoms with Gasteiger partial charge in [-0.1, -0.05) is 29.8 Å². The summed E-state index contributed by atoms with van der Waals surface area (Å²) < 4.78 is 1.26. The molecule has 0 aliphatic heterocycles. The number of thiophene rings is 1. The predicted molar refractivity (Wildman–Crippen MR) is 73.4 cm³/mol. The van der Waals surface area contributed by atoms with Gasteiger partial charge in [0.25, 0.3) is 0 Å². The highest BCUT2D eigenvalue weighted by atomic mass is 35.5. The molecule has 0 amide bonds. The fourth-order valence-electron chi connectivity index (χ4n) is 1.52. The van der Waals surface area contributed by atoms with Crippen LogP contribution in [0.2, 0.25) is 5.02 Å². The summed E-state index contributed by atoms with van der Waals surface area (Å²) >= 11 is 8.13. The highest BCUT2D eigenvalue weighted by Gasteiger charge is 2.13. The third-order valence-corrected chi connectivity index (χ3v) is 4.10. The lowest BCUT2D eigenvalue weighted by molar-refractivity contribution is 0.426. The van der Waals surface area contributed by atoms with Crippen molar-refractivity contribution in [3.63, 3.8) is 0 Å². The Kier molecular flexibility index (Phi) is 3.24. The molecule has 86 valence electrons. The number of hydrogen-bond acceptors (Lipinski definition) is 2. The minimum Gasteiger partial charge on any atom is -0.307 e. The van der Waals surface area contributed by atoms with E-state index in [1.54, 1.807) is 11.3 Å². The van der Waals surface area contributed by atoms with Crippen LogP contribution in [0.1, 0.15) is 25.6 Å². The SMILES string of the molecule is CC(C)(C)NCc1sc2ccccc2c1Cl. The van der Waals surface area contributed by atoms with Crippen LogP contribution >= 0.6 is 22.9 Å². The molecule has 0 radical (unpaired) electrons. The third-order valence-electron chi connectivity index (χ3n) is 2.38. The lowest BCUT2D eigenvalue weighted by Gasteiger charge is -2.19. The summed E-state index contributed by atoms with van der Waals surface area (Å²) in [5.41, 5.74) is 0.125. The van der Waals surface area contributed by atoms with Crippen LogP contribution in [0.4, 0.5) is 0 Å². The second-order valence-corrected chi connectivity index (χ2v) is 6.45. The fourth-order valence-corrected chi connectivity index (χ4v) is 2.96. The largest absolute Gasteiger partial charge is 0.307 e. The highest BCUT2D eigenvalue weighted by molar-refractivity contribution is 7.19. The smallest absolute Gasteiger partial charge is 0.0636 e. The van der Waals surface area contributed by atoms with E-state index < -0.39 is 0 Å². The Bertz CT molecular complexity index is 496. The number of fused-ring (bicyclic) bond motifs is 1. The Morgan fingerprint density at radius 2 is 1.94 bits per heavy atom. The summed E-state index contributed by atoms with van der Waals surface area (Å²) in [7, 11) is 0.